The molecule has 78 valence electrons. The fourth-order valence-electron chi connectivity index (χ4n) is 1.09. The molecule has 0 heterocycles. The average molecular weight is 202 g/mol. The van der Waals surface area contributed by atoms with E-state index >= 15 is 0 Å². The number of anilines is 2. The number of nitrogen functional groups attached to an aromatic ring is 1. The minimum atomic E-state index is -0.786. The van der Waals surface area contributed by atoms with E-state index in [1.54, 1.807) is 6.92 Å². The quantitative estimate of drug-likeness (QED) is 0.601. The van der Waals surface area contributed by atoms with Crippen molar-refractivity contribution in [3.63, 3.8) is 0 Å². The van der Waals surface area contributed by atoms with Crippen molar-refractivity contribution >= 4 is 11.4 Å². The van der Waals surface area contributed by atoms with Crippen LogP contribution in [0.15, 0.2) is 12.1 Å². The maximum atomic E-state index is 13.0. The molecular formula is C9H12F2N2O. The Balaban J connectivity index is 3.07. The summed E-state index contributed by atoms with van der Waals surface area (Å²) in [5.74, 6) is -1.47. The zero-order chi connectivity index (χ0) is 10.7. The summed E-state index contributed by atoms with van der Waals surface area (Å²) in [4.78, 5) is 5.04. The molecule has 0 amide bonds. The number of hydroxylamine groups is 1. The smallest absolute Gasteiger partial charge is 0.151 e. The zero-order valence-electron chi connectivity index (χ0n) is 8.05. The third kappa shape index (κ3) is 2.11. The van der Waals surface area contributed by atoms with Gasteiger partial charge in [-0.15, -0.1) is 0 Å². The lowest BCUT2D eigenvalue weighted by atomic mass is 10.2. The number of hydrogen-bond donors (Lipinski definition) is 1. The van der Waals surface area contributed by atoms with Crippen molar-refractivity contribution in [3.8, 4) is 0 Å². The van der Waals surface area contributed by atoms with Crippen LogP contribution in [0.4, 0.5) is 20.2 Å². The van der Waals surface area contributed by atoms with Crippen molar-refractivity contribution in [3.05, 3.63) is 23.8 Å². The maximum Gasteiger partial charge on any atom is 0.151 e. The Morgan fingerprint density at radius 1 is 1.43 bits per heavy atom. The molecule has 2 N–H and O–H groups in total. The molecule has 0 fully saturated rings. The Labute approximate surface area is 81.0 Å². The highest BCUT2D eigenvalue weighted by atomic mass is 19.1. The topological polar surface area (TPSA) is 38.5 Å². The fourth-order valence-corrected chi connectivity index (χ4v) is 1.09. The van der Waals surface area contributed by atoms with E-state index in [2.05, 4.69) is 0 Å². The summed E-state index contributed by atoms with van der Waals surface area (Å²) in [5, 5.41) is 1.24. The van der Waals surface area contributed by atoms with E-state index < -0.39 is 11.6 Å². The maximum absolute atomic E-state index is 13.0. The monoisotopic (exact) mass is 202 g/mol. The summed E-state index contributed by atoms with van der Waals surface area (Å²) in [5.41, 5.74) is 5.48. The Morgan fingerprint density at radius 3 is 2.64 bits per heavy atom. The average Bonchev–Trinajstić information content (AvgIpc) is 2.11. The van der Waals surface area contributed by atoms with E-state index in [4.69, 9.17) is 10.6 Å². The van der Waals surface area contributed by atoms with E-state index in [0.29, 0.717) is 6.61 Å². The summed E-state index contributed by atoms with van der Waals surface area (Å²) in [6, 6.07) is 1.85. The predicted octanol–water partition coefficient (Wildman–Crippen LogP) is 1.93. The molecule has 0 saturated heterocycles. The van der Waals surface area contributed by atoms with Gasteiger partial charge in [-0.2, -0.15) is 0 Å². The van der Waals surface area contributed by atoms with E-state index in [-0.39, 0.29) is 11.4 Å². The molecule has 0 radical (unpaired) electrons. The standard InChI is InChI=1S/C9H12F2N2O/c1-3-14-13(2)8-5-6(10)4-7(11)9(8)12/h4-5H,3,12H2,1-2H3. The first kappa shape index (κ1) is 10.7. The van der Waals surface area contributed by atoms with Gasteiger partial charge < -0.3 is 5.73 Å². The van der Waals surface area contributed by atoms with Gasteiger partial charge in [0, 0.05) is 19.2 Å². The largest absolute Gasteiger partial charge is 0.395 e. The molecule has 0 spiro atoms. The molecule has 0 unspecified atom stereocenters. The predicted molar refractivity (Wildman–Crippen MR) is 50.8 cm³/mol. The van der Waals surface area contributed by atoms with Gasteiger partial charge in [0.15, 0.2) is 5.82 Å². The van der Waals surface area contributed by atoms with Gasteiger partial charge in [-0.05, 0) is 6.92 Å². The van der Waals surface area contributed by atoms with Crippen LogP contribution in [0.25, 0.3) is 0 Å². The highest BCUT2D eigenvalue weighted by Crippen LogP contribution is 2.26. The van der Waals surface area contributed by atoms with Gasteiger partial charge >= 0.3 is 0 Å². The third-order valence-electron chi connectivity index (χ3n) is 1.73. The van der Waals surface area contributed by atoms with Crippen molar-refractivity contribution in [1.29, 1.82) is 0 Å². The van der Waals surface area contributed by atoms with Crippen LogP contribution in [0.3, 0.4) is 0 Å². The van der Waals surface area contributed by atoms with Crippen molar-refractivity contribution < 1.29 is 13.6 Å². The molecule has 0 saturated carbocycles. The molecule has 1 aromatic rings. The van der Waals surface area contributed by atoms with Crippen LogP contribution in [-0.4, -0.2) is 13.7 Å². The molecule has 0 aliphatic rings. The van der Waals surface area contributed by atoms with Gasteiger partial charge in [0.05, 0.1) is 18.0 Å². The molecule has 5 heteroatoms. The Bertz CT molecular complexity index is 331. The normalized spacial score (nSPS) is 10.3. The highest BCUT2D eigenvalue weighted by Gasteiger charge is 2.11. The number of nitrogens with zero attached hydrogens (tertiary/aromatic N) is 1. The van der Waals surface area contributed by atoms with Crippen LogP contribution in [-0.2, 0) is 4.84 Å². The SMILES string of the molecule is CCON(C)c1cc(F)cc(F)c1N. The van der Waals surface area contributed by atoms with Crippen LogP contribution in [0.5, 0.6) is 0 Å². The van der Waals surface area contributed by atoms with Gasteiger partial charge in [-0.3, -0.25) is 9.90 Å². The Hall–Kier alpha value is -1.36. The van der Waals surface area contributed by atoms with Crippen LogP contribution >= 0.6 is 0 Å². The lowest BCUT2D eigenvalue weighted by Gasteiger charge is -2.19. The molecule has 14 heavy (non-hydrogen) atoms. The second kappa shape index (κ2) is 4.23. The Morgan fingerprint density at radius 2 is 2.07 bits per heavy atom. The number of halogens is 2. The molecular weight excluding hydrogens is 190 g/mol. The van der Waals surface area contributed by atoms with Crippen LogP contribution in [0.2, 0.25) is 0 Å². The molecule has 0 aliphatic heterocycles. The van der Waals surface area contributed by atoms with Crippen molar-refractivity contribution in [2.45, 2.75) is 6.92 Å². The lowest BCUT2D eigenvalue weighted by molar-refractivity contribution is 0.135. The molecule has 0 aromatic heterocycles. The van der Waals surface area contributed by atoms with E-state index in [0.717, 1.165) is 12.1 Å². The summed E-state index contributed by atoms with van der Waals surface area (Å²) >= 11 is 0. The van der Waals surface area contributed by atoms with Crippen LogP contribution in [0.1, 0.15) is 6.92 Å². The Kier molecular flexibility index (Phi) is 3.24. The summed E-state index contributed by atoms with van der Waals surface area (Å²) in [6.45, 7) is 2.16. The summed E-state index contributed by atoms with van der Waals surface area (Å²) < 4.78 is 25.8. The van der Waals surface area contributed by atoms with Crippen LogP contribution < -0.4 is 10.8 Å². The van der Waals surface area contributed by atoms with Crippen molar-refractivity contribution in [1.82, 2.24) is 0 Å². The van der Waals surface area contributed by atoms with Crippen molar-refractivity contribution in [2.75, 3.05) is 24.5 Å². The van der Waals surface area contributed by atoms with Gasteiger partial charge in [0.2, 0.25) is 0 Å². The summed E-state index contributed by atoms with van der Waals surface area (Å²) in [6.07, 6.45) is 0. The first-order valence-corrected chi connectivity index (χ1v) is 4.17. The zero-order valence-corrected chi connectivity index (χ0v) is 8.05. The molecule has 0 aliphatic carbocycles. The van der Waals surface area contributed by atoms with Crippen molar-refractivity contribution in [2.24, 2.45) is 0 Å². The lowest BCUT2D eigenvalue weighted by Crippen LogP contribution is -2.19. The minimum absolute atomic E-state index is 0.123. The second-order valence-electron chi connectivity index (χ2n) is 2.74. The van der Waals surface area contributed by atoms with E-state index in [1.165, 1.54) is 12.1 Å². The third-order valence-corrected chi connectivity index (χ3v) is 1.73. The van der Waals surface area contributed by atoms with E-state index in [1.807, 2.05) is 0 Å². The molecule has 3 nitrogen and oxygen atoms in total. The van der Waals surface area contributed by atoms with Gasteiger partial charge in [-0.25, -0.2) is 8.78 Å². The molecule has 1 aromatic carbocycles. The van der Waals surface area contributed by atoms with Gasteiger partial charge in [-0.1, -0.05) is 0 Å². The van der Waals surface area contributed by atoms with Gasteiger partial charge in [0.25, 0.3) is 0 Å². The molecule has 1 rings (SSSR count). The highest BCUT2D eigenvalue weighted by molar-refractivity contribution is 5.66. The first-order valence-electron chi connectivity index (χ1n) is 4.17. The number of nitrogens with two attached hydrogens (primary N) is 1. The minimum Gasteiger partial charge on any atom is -0.395 e. The summed E-state index contributed by atoms with van der Waals surface area (Å²) in [7, 11) is 1.54. The molecule has 0 atom stereocenters. The second-order valence-corrected chi connectivity index (χ2v) is 2.74. The van der Waals surface area contributed by atoms with Gasteiger partial charge in [0.1, 0.15) is 5.82 Å². The van der Waals surface area contributed by atoms with E-state index in [9.17, 15) is 8.78 Å². The molecule has 0 bridgehead atoms. The fraction of sp³-hybridized carbons (Fsp3) is 0.333. The number of benzene rings is 1. The van der Waals surface area contributed by atoms with Crippen LogP contribution in [0, 0.1) is 11.6 Å². The first-order chi connectivity index (χ1) is 6.56. The number of rotatable bonds is 3. The number of hydrogen-bond acceptors (Lipinski definition) is 3.